The summed E-state index contributed by atoms with van der Waals surface area (Å²) in [5, 5.41) is 11.7. The number of hydrogen-bond acceptors (Lipinski definition) is 7. The first kappa shape index (κ1) is 24.8. The summed E-state index contributed by atoms with van der Waals surface area (Å²) in [4.78, 5) is 39.5. The predicted octanol–water partition coefficient (Wildman–Crippen LogP) is 4.91. The van der Waals surface area contributed by atoms with Gasteiger partial charge in [0.05, 0.1) is 31.4 Å². The molecule has 1 fully saturated rings. The molecule has 0 saturated carbocycles. The third kappa shape index (κ3) is 4.63. The minimum atomic E-state index is -1.04. The van der Waals surface area contributed by atoms with E-state index < -0.39 is 29.5 Å². The standard InChI is InChI=1S/C27H22ClNO7/c1-15(30)36-20-6-4-5-16(13-20)24-23(25(31)21-14-17(28)7-12-22(21)35-3)26(32)27(33)29(24)18-8-10-19(34-2)11-9-18/h4-14,24,31H,1-3H3/b25-23+. The number of aliphatic hydroxyl groups is 1. The van der Waals surface area contributed by atoms with Gasteiger partial charge in [0.25, 0.3) is 11.7 Å². The number of benzene rings is 3. The van der Waals surface area contributed by atoms with E-state index in [4.69, 9.17) is 25.8 Å². The molecule has 0 bridgehead atoms. The van der Waals surface area contributed by atoms with E-state index in [1.54, 1.807) is 54.6 Å². The van der Waals surface area contributed by atoms with E-state index in [0.29, 0.717) is 22.0 Å². The summed E-state index contributed by atoms with van der Waals surface area (Å²) in [6.07, 6.45) is 0. The van der Waals surface area contributed by atoms with Crippen LogP contribution in [0.4, 0.5) is 5.69 Å². The minimum absolute atomic E-state index is 0.152. The highest BCUT2D eigenvalue weighted by molar-refractivity contribution is 6.51. The Hall–Kier alpha value is -4.30. The topological polar surface area (TPSA) is 102 Å². The summed E-state index contributed by atoms with van der Waals surface area (Å²) >= 11 is 6.15. The second-order valence-electron chi connectivity index (χ2n) is 7.88. The van der Waals surface area contributed by atoms with Gasteiger partial charge in [0, 0.05) is 17.6 Å². The van der Waals surface area contributed by atoms with Crippen LogP contribution < -0.4 is 19.1 Å². The molecule has 1 aliphatic heterocycles. The average molecular weight is 508 g/mol. The monoisotopic (exact) mass is 507 g/mol. The van der Waals surface area contributed by atoms with E-state index in [0.717, 1.165) is 0 Å². The summed E-state index contributed by atoms with van der Waals surface area (Å²) < 4.78 is 15.8. The van der Waals surface area contributed by atoms with Gasteiger partial charge in [-0.1, -0.05) is 23.7 Å². The lowest BCUT2D eigenvalue weighted by atomic mass is 9.94. The van der Waals surface area contributed by atoms with Crippen molar-refractivity contribution in [3.8, 4) is 17.2 Å². The van der Waals surface area contributed by atoms with Crippen LogP contribution in [-0.4, -0.2) is 37.0 Å². The van der Waals surface area contributed by atoms with Crippen LogP contribution in [0.3, 0.4) is 0 Å². The second kappa shape index (κ2) is 10.1. The number of esters is 1. The number of carbonyl (C=O) groups is 3. The highest BCUT2D eigenvalue weighted by Gasteiger charge is 2.47. The van der Waals surface area contributed by atoms with Gasteiger partial charge in [-0.2, -0.15) is 0 Å². The van der Waals surface area contributed by atoms with Gasteiger partial charge in [-0.25, -0.2) is 0 Å². The third-order valence-corrected chi connectivity index (χ3v) is 5.88. The fraction of sp³-hybridized carbons (Fsp3) is 0.148. The smallest absolute Gasteiger partial charge is 0.308 e. The van der Waals surface area contributed by atoms with Gasteiger partial charge < -0.3 is 19.3 Å². The van der Waals surface area contributed by atoms with E-state index in [-0.39, 0.29) is 22.6 Å². The number of ketones is 1. The largest absolute Gasteiger partial charge is 0.507 e. The van der Waals surface area contributed by atoms with Gasteiger partial charge in [0.1, 0.15) is 23.0 Å². The molecule has 0 aliphatic carbocycles. The van der Waals surface area contributed by atoms with Crippen LogP contribution in [0.2, 0.25) is 5.02 Å². The lowest BCUT2D eigenvalue weighted by Crippen LogP contribution is -2.29. The van der Waals surface area contributed by atoms with Crippen molar-refractivity contribution in [1.29, 1.82) is 0 Å². The summed E-state index contributed by atoms with van der Waals surface area (Å²) in [7, 11) is 2.93. The first-order valence-electron chi connectivity index (χ1n) is 10.8. The van der Waals surface area contributed by atoms with Crippen molar-refractivity contribution in [2.24, 2.45) is 0 Å². The van der Waals surface area contributed by atoms with E-state index >= 15 is 0 Å². The Labute approximate surface area is 212 Å². The summed E-state index contributed by atoms with van der Waals surface area (Å²) in [6, 6.07) is 16.5. The summed E-state index contributed by atoms with van der Waals surface area (Å²) in [6.45, 7) is 1.27. The number of rotatable bonds is 6. The second-order valence-corrected chi connectivity index (χ2v) is 8.31. The predicted molar refractivity (Wildman–Crippen MR) is 134 cm³/mol. The molecular formula is C27H22ClNO7. The summed E-state index contributed by atoms with van der Waals surface area (Å²) in [5.74, 6) is -1.67. The Kier molecular flexibility index (Phi) is 6.98. The van der Waals surface area contributed by atoms with Crippen LogP contribution in [0, 0.1) is 0 Å². The molecular weight excluding hydrogens is 486 g/mol. The molecule has 9 heteroatoms. The number of amides is 1. The fourth-order valence-electron chi connectivity index (χ4n) is 4.08. The van der Waals surface area contributed by atoms with E-state index in [1.807, 2.05) is 0 Å². The maximum atomic E-state index is 13.4. The van der Waals surface area contributed by atoms with Crippen molar-refractivity contribution in [2.45, 2.75) is 13.0 Å². The van der Waals surface area contributed by atoms with E-state index in [9.17, 15) is 19.5 Å². The molecule has 184 valence electrons. The van der Waals surface area contributed by atoms with E-state index in [2.05, 4.69) is 0 Å². The van der Waals surface area contributed by atoms with Gasteiger partial charge in [0.15, 0.2) is 0 Å². The zero-order chi connectivity index (χ0) is 26.0. The molecule has 1 amide bonds. The normalized spacial score (nSPS) is 16.7. The van der Waals surface area contributed by atoms with Crippen molar-refractivity contribution in [3.63, 3.8) is 0 Å². The molecule has 0 aromatic heterocycles. The number of aliphatic hydroxyl groups excluding tert-OH is 1. The zero-order valence-electron chi connectivity index (χ0n) is 19.7. The van der Waals surface area contributed by atoms with Crippen LogP contribution in [0.1, 0.15) is 24.1 Å². The van der Waals surface area contributed by atoms with Gasteiger partial charge in [-0.3, -0.25) is 19.3 Å². The molecule has 3 aromatic rings. The highest BCUT2D eigenvalue weighted by atomic mass is 35.5. The molecule has 1 aliphatic rings. The minimum Gasteiger partial charge on any atom is -0.507 e. The number of Topliss-reactive ketones (excluding diaryl/α,β-unsaturated/α-hetero) is 1. The van der Waals surface area contributed by atoms with Crippen LogP contribution in [0.25, 0.3) is 5.76 Å². The molecule has 1 heterocycles. The molecule has 1 atom stereocenters. The molecule has 8 nitrogen and oxygen atoms in total. The first-order chi connectivity index (χ1) is 17.2. The quantitative estimate of drug-likeness (QED) is 0.166. The number of hydrogen-bond donors (Lipinski definition) is 1. The number of carbonyl (C=O) groups excluding carboxylic acids is 3. The van der Waals surface area contributed by atoms with Gasteiger partial charge in [-0.05, 0) is 60.2 Å². The molecule has 1 N–H and O–H groups in total. The molecule has 1 saturated heterocycles. The van der Waals surface area contributed by atoms with Crippen LogP contribution in [0.15, 0.2) is 72.3 Å². The van der Waals surface area contributed by atoms with Gasteiger partial charge in [-0.15, -0.1) is 0 Å². The molecule has 0 spiro atoms. The van der Waals surface area contributed by atoms with Crippen LogP contribution in [-0.2, 0) is 14.4 Å². The Morgan fingerprint density at radius 1 is 0.944 bits per heavy atom. The number of methoxy groups -OCH3 is 2. The maximum absolute atomic E-state index is 13.4. The summed E-state index contributed by atoms with van der Waals surface area (Å²) in [5.41, 5.74) is 0.819. The molecule has 36 heavy (non-hydrogen) atoms. The van der Waals surface area contributed by atoms with Gasteiger partial charge >= 0.3 is 5.97 Å². The van der Waals surface area contributed by atoms with Crippen LogP contribution >= 0.6 is 11.6 Å². The highest BCUT2D eigenvalue weighted by Crippen LogP contribution is 2.44. The number of anilines is 1. The molecule has 1 unspecified atom stereocenters. The van der Waals surface area contributed by atoms with Crippen molar-refractivity contribution in [1.82, 2.24) is 0 Å². The first-order valence-corrected chi connectivity index (χ1v) is 11.2. The van der Waals surface area contributed by atoms with Crippen molar-refractivity contribution in [3.05, 3.63) is 88.5 Å². The number of nitrogens with zero attached hydrogens (tertiary/aromatic N) is 1. The Morgan fingerprint density at radius 3 is 2.31 bits per heavy atom. The number of halogens is 1. The number of ether oxygens (including phenoxy) is 3. The van der Waals surface area contributed by atoms with Crippen molar-refractivity contribution >= 4 is 40.7 Å². The van der Waals surface area contributed by atoms with Gasteiger partial charge in [0.2, 0.25) is 0 Å². The Morgan fingerprint density at radius 2 is 1.67 bits per heavy atom. The van der Waals surface area contributed by atoms with E-state index in [1.165, 1.54) is 38.2 Å². The molecule has 3 aromatic carbocycles. The van der Waals surface area contributed by atoms with Crippen molar-refractivity contribution in [2.75, 3.05) is 19.1 Å². The molecule has 4 rings (SSSR count). The molecule has 0 radical (unpaired) electrons. The average Bonchev–Trinajstić information content (AvgIpc) is 3.13. The Balaban J connectivity index is 1.97. The lowest BCUT2D eigenvalue weighted by Gasteiger charge is -2.26. The Bertz CT molecular complexity index is 1380. The SMILES string of the molecule is COc1ccc(N2C(=O)C(=O)/C(=C(/O)c3cc(Cl)ccc3OC)C2c2cccc(OC(C)=O)c2)cc1. The zero-order valence-corrected chi connectivity index (χ0v) is 20.4. The lowest BCUT2D eigenvalue weighted by molar-refractivity contribution is -0.132. The van der Waals surface area contributed by atoms with Crippen LogP contribution in [0.5, 0.6) is 17.2 Å². The van der Waals surface area contributed by atoms with Crippen molar-refractivity contribution < 1.29 is 33.7 Å². The maximum Gasteiger partial charge on any atom is 0.308 e. The fourth-order valence-corrected chi connectivity index (χ4v) is 4.25. The third-order valence-electron chi connectivity index (χ3n) is 5.65.